The molecule has 0 atom stereocenters. The summed E-state index contributed by atoms with van der Waals surface area (Å²) in [4.78, 5) is 4.51. The highest BCUT2D eigenvalue weighted by molar-refractivity contribution is 5.91. The van der Waals surface area contributed by atoms with Gasteiger partial charge in [0.05, 0.1) is 11.1 Å². The van der Waals surface area contributed by atoms with Crippen LogP contribution < -0.4 is 0 Å². The first kappa shape index (κ1) is 26.8. The lowest BCUT2D eigenvalue weighted by Crippen LogP contribution is -2.40. The molecule has 0 radical (unpaired) electrons. The Hall–Kier alpha value is -5.53. The van der Waals surface area contributed by atoms with E-state index in [1.165, 1.54) is 66.8 Å². The summed E-state index contributed by atoms with van der Waals surface area (Å²) in [5.41, 5.74) is 17.5. The highest BCUT2D eigenvalue weighted by Crippen LogP contribution is 2.62. The molecule has 7 aromatic rings. The smallest absolute Gasteiger partial charge is 0.0719 e. The van der Waals surface area contributed by atoms with Crippen LogP contribution in [-0.4, -0.2) is 4.98 Å². The average Bonchev–Trinajstić information content (AvgIpc) is 3.42. The molecule has 1 aromatic heterocycles. The van der Waals surface area contributed by atoms with E-state index in [2.05, 4.69) is 164 Å². The average molecular weight is 588 g/mol. The number of aromatic nitrogens is 1. The topological polar surface area (TPSA) is 12.9 Å². The summed E-state index contributed by atoms with van der Waals surface area (Å²) in [6, 6.07) is 58.2. The van der Waals surface area contributed by atoms with E-state index in [0.717, 1.165) is 11.3 Å². The first-order valence-electron chi connectivity index (χ1n) is 16.1. The van der Waals surface area contributed by atoms with Crippen LogP contribution in [0.5, 0.6) is 0 Å². The fourth-order valence-corrected chi connectivity index (χ4v) is 8.29. The number of pyridine rings is 1. The third kappa shape index (κ3) is 3.72. The largest absolute Gasteiger partial charge is 0.256 e. The Morgan fingerprint density at radius 3 is 1.57 bits per heavy atom. The third-order valence-corrected chi connectivity index (χ3v) is 10.4. The lowest BCUT2D eigenvalue weighted by Gasteiger charge is -2.46. The molecule has 6 aromatic carbocycles. The van der Waals surface area contributed by atoms with E-state index < -0.39 is 0 Å². The van der Waals surface area contributed by atoms with Crippen molar-refractivity contribution < 1.29 is 0 Å². The number of fused-ring (bicyclic) bond motifs is 9. The zero-order chi connectivity index (χ0) is 30.9. The van der Waals surface area contributed by atoms with Crippen LogP contribution in [-0.2, 0) is 10.8 Å². The molecule has 1 spiro atoms. The van der Waals surface area contributed by atoms with Gasteiger partial charge < -0.3 is 0 Å². The van der Waals surface area contributed by atoms with Crippen LogP contribution in [0.4, 0.5) is 0 Å². The van der Waals surface area contributed by atoms with Gasteiger partial charge >= 0.3 is 0 Å². The monoisotopic (exact) mass is 587 g/mol. The summed E-state index contributed by atoms with van der Waals surface area (Å²) in [6.45, 7) is 4.75. The first-order chi connectivity index (χ1) is 22.6. The molecular weight excluding hydrogens is 555 g/mol. The van der Waals surface area contributed by atoms with Gasteiger partial charge in [-0.15, -0.1) is 0 Å². The van der Waals surface area contributed by atoms with Crippen LogP contribution in [0.3, 0.4) is 0 Å². The van der Waals surface area contributed by atoms with Gasteiger partial charge in [0, 0.05) is 17.2 Å². The molecule has 9 rings (SSSR count). The summed E-state index contributed by atoms with van der Waals surface area (Å²) in [6.07, 6.45) is 1.84. The molecule has 0 saturated heterocycles. The van der Waals surface area contributed by atoms with Gasteiger partial charge in [-0.2, -0.15) is 0 Å². The number of benzene rings is 6. The molecule has 0 N–H and O–H groups in total. The molecule has 1 nitrogen and oxygen atoms in total. The third-order valence-electron chi connectivity index (χ3n) is 10.4. The van der Waals surface area contributed by atoms with Crippen LogP contribution in [0.2, 0.25) is 0 Å². The summed E-state index contributed by atoms with van der Waals surface area (Å²) in [5.74, 6) is 0. The summed E-state index contributed by atoms with van der Waals surface area (Å²) < 4.78 is 0. The van der Waals surface area contributed by atoms with E-state index in [1.807, 2.05) is 18.3 Å². The predicted octanol–water partition coefficient (Wildman–Crippen LogP) is 11.1. The van der Waals surface area contributed by atoms with Crippen molar-refractivity contribution in [1.82, 2.24) is 4.98 Å². The number of rotatable bonds is 3. The minimum absolute atomic E-state index is 0.0909. The van der Waals surface area contributed by atoms with Crippen molar-refractivity contribution in [1.29, 1.82) is 0 Å². The van der Waals surface area contributed by atoms with E-state index in [4.69, 9.17) is 0 Å². The minimum atomic E-state index is -0.357. The van der Waals surface area contributed by atoms with Gasteiger partial charge in [-0.3, -0.25) is 4.98 Å². The second-order valence-electron chi connectivity index (χ2n) is 13.1. The molecule has 0 fully saturated rings. The van der Waals surface area contributed by atoms with Crippen LogP contribution in [0.15, 0.2) is 164 Å². The molecule has 0 unspecified atom stereocenters. The van der Waals surface area contributed by atoms with E-state index >= 15 is 0 Å². The summed E-state index contributed by atoms with van der Waals surface area (Å²) >= 11 is 0. The summed E-state index contributed by atoms with van der Waals surface area (Å²) in [5, 5.41) is 0. The molecule has 0 bridgehead atoms. The molecule has 2 aliphatic carbocycles. The van der Waals surface area contributed by atoms with Crippen LogP contribution in [0.1, 0.15) is 47.2 Å². The fraction of sp³-hybridized carbons (Fsp3) is 0.0889. The fourth-order valence-electron chi connectivity index (χ4n) is 8.29. The van der Waals surface area contributed by atoms with E-state index in [9.17, 15) is 0 Å². The maximum Gasteiger partial charge on any atom is 0.0719 e. The van der Waals surface area contributed by atoms with Crippen LogP contribution in [0, 0.1) is 0 Å². The maximum absolute atomic E-state index is 4.51. The van der Waals surface area contributed by atoms with Gasteiger partial charge in [0.15, 0.2) is 0 Å². The zero-order valence-corrected chi connectivity index (χ0v) is 26.0. The van der Waals surface area contributed by atoms with Crippen molar-refractivity contribution in [3.63, 3.8) is 0 Å². The molecule has 1 heteroatoms. The standard InChI is InChI=1S/C45H33N/c1-44(2)39-16-5-7-18-41(39)45(42-19-8-6-17-40(42)44)37-15-4-3-14-35(37)36-29-34(25-26-38(36)45)33-13-11-12-32(28-33)30-21-23-31(24-22-30)43-20-9-10-27-46-43/h3-29H,1-2H3. The molecule has 46 heavy (non-hydrogen) atoms. The van der Waals surface area contributed by atoms with Gasteiger partial charge in [0.1, 0.15) is 0 Å². The van der Waals surface area contributed by atoms with E-state index in [0.29, 0.717) is 0 Å². The highest BCUT2D eigenvalue weighted by atomic mass is 14.7. The quantitative estimate of drug-likeness (QED) is 0.200. The highest BCUT2D eigenvalue weighted by Gasteiger charge is 2.53. The lowest BCUT2D eigenvalue weighted by molar-refractivity contribution is 0.563. The van der Waals surface area contributed by atoms with Gasteiger partial charge in [-0.1, -0.05) is 147 Å². The SMILES string of the molecule is CC1(C)c2ccccc2C2(c3ccccc3-c3cc(-c4cccc(-c5ccc(-c6ccccn6)cc5)c4)ccc32)c2ccccc21. The Kier molecular flexibility index (Phi) is 5.83. The maximum atomic E-state index is 4.51. The van der Waals surface area contributed by atoms with Gasteiger partial charge in [0.2, 0.25) is 0 Å². The van der Waals surface area contributed by atoms with Crippen molar-refractivity contribution in [2.24, 2.45) is 0 Å². The zero-order valence-electron chi connectivity index (χ0n) is 26.0. The van der Waals surface area contributed by atoms with Crippen molar-refractivity contribution in [2.75, 3.05) is 0 Å². The second-order valence-corrected chi connectivity index (χ2v) is 13.1. The van der Waals surface area contributed by atoms with E-state index in [1.54, 1.807) is 0 Å². The molecule has 1 heterocycles. The van der Waals surface area contributed by atoms with Crippen molar-refractivity contribution >= 4 is 0 Å². The van der Waals surface area contributed by atoms with Gasteiger partial charge in [-0.05, 0) is 91.0 Å². The summed E-state index contributed by atoms with van der Waals surface area (Å²) in [7, 11) is 0. The Labute approximate surface area is 270 Å². The van der Waals surface area contributed by atoms with Gasteiger partial charge in [0.25, 0.3) is 0 Å². The van der Waals surface area contributed by atoms with Crippen molar-refractivity contribution in [3.05, 3.63) is 197 Å². The Balaban J connectivity index is 1.20. The lowest BCUT2D eigenvalue weighted by atomic mass is 9.55. The van der Waals surface area contributed by atoms with Crippen molar-refractivity contribution in [3.8, 4) is 44.6 Å². The second kappa shape index (κ2) is 9.99. The number of hydrogen-bond acceptors (Lipinski definition) is 1. The van der Waals surface area contributed by atoms with E-state index in [-0.39, 0.29) is 10.8 Å². The molecule has 0 aliphatic heterocycles. The molecule has 0 amide bonds. The van der Waals surface area contributed by atoms with Gasteiger partial charge in [-0.25, -0.2) is 0 Å². The Morgan fingerprint density at radius 2 is 0.891 bits per heavy atom. The minimum Gasteiger partial charge on any atom is -0.256 e. The number of hydrogen-bond donors (Lipinski definition) is 0. The molecule has 218 valence electrons. The van der Waals surface area contributed by atoms with Crippen LogP contribution in [0.25, 0.3) is 44.6 Å². The predicted molar refractivity (Wildman–Crippen MR) is 190 cm³/mol. The molecule has 0 saturated carbocycles. The Bertz CT molecular complexity index is 2220. The first-order valence-corrected chi connectivity index (χ1v) is 16.1. The number of nitrogens with zero attached hydrogens (tertiary/aromatic N) is 1. The normalized spacial score (nSPS) is 14.7. The Morgan fingerprint density at radius 1 is 0.370 bits per heavy atom. The molecular formula is C45H33N. The molecule has 2 aliphatic rings. The van der Waals surface area contributed by atoms with Crippen molar-refractivity contribution in [2.45, 2.75) is 24.7 Å². The van der Waals surface area contributed by atoms with Crippen LogP contribution >= 0.6 is 0 Å².